The van der Waals surface area contributed by atoms with Gasteiger partial charge in [0, 0.05) is 15.7 Å². The topological polar surface area (TPSA) is 52.9 Å². The van der Waals surface area contributed by atoms with Gasteiger partial charge in [-0.05, 0) is 37.0 Å². The van der Waals surface area contributed by atoms with Crippen molar-refractivity contribution in [2.24, 2.45) is 16.9 Å². The van der Waals surface area contributed by atoms with Crippen molar-refractivity contribution in [3.63, 3.8) is 0 Å². The molecule has 0 bridgehead atoms. The van der Waals surface area contributed by atoms with E-state index in [0.717, 1.165) is 0 Å². The summed E-state index contributed by atoms with van der Waals surface area (Å²) in [5.41, 5.74) is -3.01. The van der Waals surface area contributed by atoms with E-state index in [0.29, 0.717) is 17.3 Å². The number of carbonyl (C=O) groups is 1. The number of fused-ring (bicyclic) bond motifs is 1. The maximum atomic E-state index is 13.7. The van der Waals surface area contributed by atoms with Crippen LogP contribution in [0, 0.1) is 11.8 Å². The Labute approximate surface area is 145 Å². The molecule has 24 heavy (non-hydrogen) atoms. The van der Waals surface area contributed by atoms with Crippen LogP contribution in [-0.4, -0.2) is 33.6 Å². The van der Waals surface area contributed by atoms with Crippen LogP contribution in [0.2, 0.25) is 0 Å². The molecule has 130 valence electrons. The number of benzene rings is 1. The molecule has 2 aliphatic rings. The Kier molecular flexibility index (Phi) is 4.24. The van der Waals surface area contributed by atoms with Gasteiger partial charge in [0.25, 0.3) is 11.6 Å². The Hall–Kier alpha value is -1.41. The molecule has 0 unspecified atom stereocenters. The number of hydrogen-bond donors (Lipinski definition) is 1. The van der Waals surface area contributed by atoms with Crippen LogP contribution in [-0.2, 0) is 0 Å². The molecule has 0 spiro atoms. The molecule has 1 aliphatic heterocycles. The maximum absolute atomic E-state index is 13.7. The SMILES string of the molecule is C[C@@H]1CCC[C@@H]2C1=NN(C(=O)c1cccc(Br)c1)[C@@]2(O)C(F)(F)F. The molecule has 0 saturated heterocycles. The summed E-state index contributed by atoms with van der Waals surface area (Å²) >= 11 is 3.19. The Morgan fingerprint density at radius 3 is 2.75 bits per heavy atom. The van der Waals surface area contributed by atoms with E-state index in [1.54, 1.807) is 19.1 Å². The van der Waals surface area contributed by atoms with Gasteiger partial charge in [-0.25, -0.2) is 0 Å². The molecule has 1 aromatic carbocycles. The molecular weight excluding hydrogens is 389 g/mol. The number of aliphatic hydroxyl groups is 1. The number of rotatable bonds is 1. The molecule has 1 aromatic rings. The van der Waals surface area contributed by atoms with Crippen LogP contribution in [0.5, 0.6) is 0 Å². The third kappa shape index (κ3) is 2.56. The average Bonchev–Trinajstić information content (AvgIpc) is 2.82. The van der Waals surface area contributed by atoms with Crippen LogP contribution in [0.15, 0.2) is 33.8 Å². The van der Waals surface area contributed by atoms with Crippen LogP contribution in [0.4, 0.5) is 13.2 Å². The standard InChI is InChI=1S/C16H16BrF3N2O2/c1-9-4-2-7-12-13(9)21-22(15(12,24)16(18,19)20)14(23)10-5-3-6-11(17)8-10/h3,5-6,8-9,12,24H,2,4,7H2,1H3/t9-,12-,15+/m1/s1. The number of hydrazone groups is 1. The van der Waals surface area contributed by atoms with Gasteiger partial charge in [-0.3, -0.25) is 4.79 Å². The normalized spacial score (nSPS) is 30.1. The molecule has 3 rings (SSSR count). The number of carbonyl (C=O) groups excluding carboxylic acids is 1. The fourth-order valence-electron chi connectivity index (χ4n) is 3.44. The second kappa shape index (κ2) is 5.84. The van der Waals surface area contributed by atoms with Crippen LogP contribution in [0.25, 0.3) is 0 Å². The average molecular weight is 405 g/mol. The smallest absolute Gasteiger partial charge is 0.362 e. The summed E-state index contributed by atoms with van der Waals surface area (Å²) in [5.74, 6) is -2.37. The number of amides is 1. The van der Waals surface area contributed by atoms with Crippen LogP contribution in [0.3, 0.4) is 0 Å². The van der Waals surface area contributed by atoms with Gasteiger partial charge in [0.2, 0.25) is 0 Å². The molecule has 4 nitrogen and oxygen atoms in total. The van der Waals surface area contributed by atoms with E-state index in [-0.39, 0.29) is 28.6 Å². The Morgan fingerprint density at radius 1 is 1.42 bits per heavy atom. The van der Waals surface area contributed by atoms with Crippen LogP contribution < -0.4 is 0 Å². The summed E-state index contributed by atoms with van der Waals surface area (Å²) in [6.07, 6.45) is -3.59. The van der Waals surface area contributed by atoms with Crippen molar-refractivity contribution in [2.45, 2.75) is 38.1 Å². The van der Waals surface area contributed by atoms with Crippen molar-refractivity contribution in [2.75, 3.05) is 0 Å². The molecule has 3 atom stereocenters. The molecule has 1 fully saturated rings. The fourth-order valence-corrected chi connectivity index (χ4v) is 3.84. The van der Waals surface area contributed by atoms with Crippen LogP contribution >= 0.6 is 15.9 Å². The third-order valence-corrected chi connectivity index (χ3v) is 5.19. The highest BCUT2D eigenvalue weighted by Gasteiger charge is 2.69. The van der Waals surface area contributed by atoms with E-state index in [9.17, 15) is 23.1 Å². The van der Waals surface area contributed by atoms with Gasteiger partial charge in [-0.15, -0.1) is 0 Å². The lowest BCUT2D eigenvalue weighted by molar-refractivity contribution is -0.312. The zero-order valence-electron chi connectivity index (χ0n) is 12.8. The first-order chi connectivity index (χ1) is 11.2. The first-order valence-electron chi connectivity index (χ1n) is 7.64. The third-order valence-electron chi connectivity index (χ3n) is 4.70. The van der Waals surface area contributed by atoms with E-state index in [2.05, 4.69) is 21.0 Å². The molecule has 8 heteroatoms. The minimum absolute atomic E-state index is 0.0303. The Balaban J connectivity index is 2.08. The Morgan fingerprint density at radius 2 is 2.12 bits per heavy atom. The minimum atomic E-state index is -5.00. The van der Waals surface area contributed by atoms with Crippen molar-refractivity contribution in [3.8, 4) is 0 Å². The zero-order chi connectivity index (χ0) is 17.7. The van der Waals surface area contributed by atoms with Gasteiger partial charge >= 0.3 is 6.18 Å². The monoisotopic (exact) mass is 404 g/mol. The predicted molar refractivity (Wildman–Crippen MR) is 85.3 cm³/mol. The Bertz CT molecular complexity index is 707. The maximum Gasteiger partial charge on any atom is 0.439 e. The van der Waals surface area contributed by atoms with Gasteiger partial charge in [-0.1, -0.05) is 35.3 Å². The second-order valence-corrected chi connectivity index (χ2v) is 7.18. The lowest BCUT2D eigenvalue weighted by Gasteiger charge is -2.39. The number of halogens is 4. The fraction of sp³-hybridized carbons (Fsp3) is 0.500. The van der Waals surface area contributed by atoms with Gasteiger partial charge in [0.1, 0.15) is 0 Å². The van der Waals surface area contributed by atoms with E-state index in [4.69, 9.17) is 0 Å². The van der Waals surface area contributed by atoms with Gasteiger partial charge in [-0.2, -0.15) is 23.3 Å². The quantitative estimate of drug-likeness (QED) is 0.770. The highest BCUT2D eigenvalue weighted by Crippen LogP contribution is 2.49. The molecule has 0 radical (unpaired) electrons. The van der Waals surface area contributed by atoms with E-state index in [1.165, 1.54) is 12.1 Å². The van der Waals surface area contributed by atoms with E-state index in [1.807, 2.05) is 0 Å². The molecule has 1 saturated carbocycles. The summed E-state index contributed by atoms with van der Waals surface area (Å²) in [6.45, 7) is 1.77. The van der Waals surface area contributed by atoms with Gasteiger partial charge < -0.3 is 5.11 Å². The highest BCUT2D eigenvalue weighted by molar-refractivity contribution is 9.10. The van der Waals surface area contributed by atoms with Gasteiger partial charge in [0.15, 0.2) is 0 Å². The zero-order valence-corrected chi connectivity index (χ0v) is 14.4. The van der Waals surface area contributed by atoms with Crippen molar-refractivity contribution < 1.29 is 23.1 Å². The minimum Gasteiger partial charge on any atom is -0.362 e. The van der Waals surface area contributed by atoms with E-state index < -0.39 is 23.7 Å². The van der Waals surface area contributed by atoms with Crippen molar-refractivity contribution in [3.05, 3.63) is 34.3 Å². The van der Waals surface area contributed by atoms with Crippen molar-refractivity contribution in [1.29, 1.82) is 0 Å². The largest absolute Gasteiger partial charge is 0.439 e. The number of alkyl halides is 3. The van der Waals surface area contributed by atoms with Crippen molar-refractivity contribution in [1.82, 2.24) is 5.01 Å². The number of nitrogens with zero attached hydrogens (tertiary/aromatic N) is 2. The summed E-state index contributed by atoms with van der Waals surface area (Å²) in [4.78, 5) is 12.6. The summed E-state index contributed by atoms with van der Waals surface area (Å²) in [6, 6.07) is 6.01. The first-order valence-corrected chi connectivity index (χ1v) is 8.43. The second-order valence-electron chi connectivity index (χ2n) is 6.26. The summed E-state index contributed by atoms with van der Waals surface area (Å²) in [5, 5.41) is 14.7. The van der Waals surface area contributed by atoms with Crippen molar-refractivity contribution >= 4 is 27.5 Å². The summed E-state index contributed by atoms with van der Waals surface area (Å²) in [7, 11) is 0. The predicted octanol–water partition coefficient (Wildman–Crippen LogP) is 3.95. The molecule has 0 aromatic heterocycles. The van der Waals surface area contributed by atoms with Gasteiger partial charge in [0.05, 0.1) is 5.92 Å². The van der Waals surface area contributed by atoms with E-state index >= 15 is 0 Å². The lowest BCUT2D eigenvalue weighted by Crippen LogP contribution is -2.61. The molecule has 1 heterocycles. The van der Waals surface area contributed by atoms with Crippen LogP contribution in [0.1, 0.15) is 36.5 Å². The molecular formula is C16H16BrF3N2O2. The first kappa shape index (κ1) is 17.4. The number of hydrogen-bond acceptors (Lipinski definition) is 3. The molecule has 1 N–H and O–H groups in total. The summed E-state index contributed by atoms with van der Waals surface area (Å²) < 4.78 is 41.7. The lowest BCUT2D eigenvalue weighted by atomic mass is 9.75. The molecule has 1 aliphatic carbocycles. The molecule has 1 amide bonds. The highest BCUT2D eigenvalue weighted by atomic mass is 79.9.